The van der Waals surface area contributed by atoms with E-state index in [0.717, 1.165) is 12.1 Å². The van der Waals surface area contributed by atoms with Gasteiger partial charge in [-0.05, 0) is 32.4 Å². The number of benzene rings is 1. The Morgan fingerprint density at radius 3 is 2.87 bits per heavy atom. The molecule has 0 aliphatic carbocycles. The van der Waals surface area contributed by atoms with Crippen molar-refractivity contribution in [1.29, 1.82) is 0 Å². The standard InChI is InChI=1S/C16H17F2N3O2/c1-10-13(20-15(22)16(2)5-6-23-9-16)8-19-21(10)14-4-3-11(17)7-12(14)18/h3-4,7-8H,5-6,9H2,1-2H3,(H,20,22). The molecule has 0 saturated carbocycles. The number of carbonyl (C=O) groups is 1. The molecule has 7 heteroatoms. The number of nitrogens with zero attached hydrogens (tertiary/aromatic N) is 2. The highest BCUT2D eigenvalue weighted by Crippen LogP contribution is 2.30. The summed E-state index contributed by atoms with van der Waals surface area (Å²) in [5, 5.41) is 6.90. The average Bonchev–Trinajstić information content (AvgIpc) is 3.08. The van der Waals surface area contributed by atoms with Crippen LogP contribution in [0.2, 0.25) is 0 Å². The number of amides is 1. The van der Waals surface area contributed by atoms with E-state index in [9.17, 15) is 13.6 Å². The van der Waals surface area contributed by atoms with Crippen LogP contribution >= 0.6 is 0 Å². The Labute approximate surface area is 132 Å². The van der Waals surface area contributed by atoms with Gasteiger partial charge in [-0.15, -0.1) is 0 Å². The lowest BCUT2D eigenvalue weighted by atomic mass is 9.89. The van der Waals surface area contributed by atoms with Crippen molar-refractivity contribution < 1.29 is 18.3 Å². The lowest BCUT2D eigenvalue weighted by Crippen LogP contribution is -2.33. The number of nitrogens with one attached hydrogen (secondary N) is 1. The van der Waals surface area contributed by atoms with Gasteiger partial charge in [-0.3, -0.25) is 4.79 Å². The SMILES string of the molecule is Cc1c(NC(=O)C2(C)CCOC2)cnn1-c1ccc(F)cc1F. The normalized spacial score (nSPS) is 20.7. The fraction of sp³-hybridized carbons (Fsp3) is 0.375. The van der Waals surface area contributed by atoms with E-state index >= 15 is 0 Å². The fourth-order valence-electron chi connectivity index (χ4n) is 2.55. The van der Waals surface area contributed by atoms with E-state index in [1.165, 1.54) is 16.9 Å². The second-order valence-corrected chi connectivity index (χ2v) is 5.97. The maximum atomic E-state index is 13.9. The van der Waals surface area contributed by atoms with E-state index in [1.54, 1.807) is 6.92 Å². The van der Waals surface area contributed by atoms with E-state index in [-0.39, 0.29) is 11.6 Å². The Kier molecular flexibility index (Phi) is 3.89. The molecular weight excluding hydrogens is 304 g/mol. The third kappa shape index (κ3) is 2.84. The molecule has 122 valence electrons. The molecule has 23 heavy (non-hydrogen) atoms. The van der Waals surface area contributed by atoms with Gasteiger partial charge in [0, 0.05) is 12.7 Å². The highest BCUT2D eigenvalue weighted by atomic mass is 19.1. The van der Waals surface area contributed by atoms with Crippen LogP contribution in [0.4, 0.5) is 14.5 Å². The molecule has 1 aromatic carbocycles. The molecule has 1 fully saturated rings. The van der Waals surface area contributed by atoms with E-state index in [2.05, 4.69) is 10.4 Å². The summed E-state index contributed by atoms with van der Waals surface area (Å²) in [5.41, 5.74) is 0.605. The van der Waals surface area contributed by atoms with Gasteiger partial charge in [-0.25, -0.2) is 13.5 Å². The van der Waals surface area contributed by atoms with Crippen LogP contribution in [0.15, 0.2) is 24.4 Å². The highest BCUT2D eigenvalue weighted by molar-refractivity contribution is 5.95. The van der Waals surface area contributed by atoms with Gasteiger partial charge >= 0.3 is 0 Å². The minimum Gasteiger partial charge on any atom is -0.380 e. The van der Waals surface area contributed by atoms with Gasteiger partial charge in [0.15, 0.2) is 5.82 Å². The third-order valence-corrected chi connectivity index (χ3v) is 4.16. The van der Waals surface area contributed by atoms with Crippen LogP contribution in [0, 0.1) is 24.0 Å². The second-order valence-electron chi connectivity index (χ2n) is 5.97. The summed E-state index contributed by atoms with van der Waals surface area (Å²) in [6, 6.07) is 3.27. The van der Waals surface area contributed by atoms with Gasteiger partial charge in [0.25, 0.3) is 0 Å². The molecule has 1 amide bonds. The molecule has 1 unspecified atom stereocenters. The quantitative estimate of drug-likeness (QED) is 0.946. The summed E-state index contributed by atoms with van der Waals surface area (Å²) < 4.78 is 33.5. The number of aromatic nitrogens is 2. The first kappa shape index (κ1) is 15.6. The Bertz CT molecular complexity index is 752. The van der Waals surface area contributed by atoms with Gasteiger partial charge < -0.3 is 10.1 Å². The van der Waals surface area contributed by atoms with Crippen LogP contribution in [0.5, 0.6) is 0 Å². The smallest absolute Gasteiger partial charge is 0.232 e. The Hall–Kier alpha value is -2.28. The number of carbonyl (C=O) groups excluding carboxylic acids is 1. The number of hydrogen-bond donors (Lipinski definition) is 1. The number of anilines is 1. The van der Waals surface area contributed by atoms with Crippen LogP contribution in [0.25, 0.3) is 5.69 Å². The molecule has 3 rings (SSSR count). The molecule has 5 nitrogen and oxygen atoms in total. The van der Waals surface area contributed by atoms with Gasteiger partial charge in [0.05, 0.1) is 29.6 Å². The highest BCUT2D eigenvalue weighted by Gasteiger charge is 2.37. The molecule has 0 spiro atoms. The molecule has 1 aliphatic rings. The lowest BCUT2D eigenvalue weighted by Gasteiger charge is -2.20. The van der Waals surface area contributed by atoms with Crippen molar-refractivity contribution in [3.05, 3.63) is 41.7 Å². The monoisotopic (exact) mass is 321 g/mol. The first-order valence-electron chi connectivity index (χ1n) is 7.30. The summed E-state index contributed by atoms with van der Waals surface area (Å²) in [6.45, 7) is 4.48. The van der Waals surface area contributed by atoms with Crippen LogP contribution < -0.4 is 5.32 Å². The summed E-state index contributed by atoms with van der Waals surface area (Å²) in [6.07, 6.45) is 2.10. The third-order valence-electron chi connectivity index (χ3n) is 4.16. The van der Waals surface area contributed by atoms with Crippen molar-refractivity contribution in [2.75, 3.05) is 18.5 Å². The number of halogens is 2. The Morgan fingerprint density at radius 2 is 2.22 bits per heavy atom. The first-order chi connectivity index (χ1) is 10.9. The summed E-state index contributed by atoms with van der Waals surface area (Å²) in [7, 11) is 0. The van der Waals surface area contributed by atoms with Gasteiger partial charge in [0.1, 0.15) is 11.5 Å². The maximum absolute atomic E-state index is 13.9. The van der Waals surface area contributed by atoms with E-state index in [4.69, 9.17) is 4.74 Å². The van der Waals surface area contributed by atoms with Crippen molar-refractivity contribution >= 4 is 11.6 Å². The number of hydrogen-bond acceptors (Lipinski definition) is 3. The van der Waals surface area contributed by atoms with E-state index < -0.39 is 17.0 Å². The largest absolute Gasteiger partial charge is 0.380 e. The van der Waals surface area contributed by atoms with Gasteiger partial charge in [0.2, 0.25) is 5.91 Å². The molecule has 1 aromatic heterocycles. The zero-order valence-corrected chi connectivity index (χ0v) is 12.9. The summed E-state index contributed by atoms with van der Waals surface area (Å²) >= 11 is 0. The van der Waals surface area contributed by atoms with Crippen LogP contribution in [-0.2, 0) is 9.53 Å². The predicted octanol–water partition coefficient (Wildman–Crippen LogP) is 2.82. The molecular formula is C16H17F2N3O2. The topological polar surface area (TPSA) is 56.1 Å². The minimum atomic E-state index is -0.717. The molecule has 1 atom stereocenters. The van der Waals surface area contributed by atoms with E-state index in [1.807, 2.05) is 6.92 Å². The van der Waals surface area contributed by atoms with E-state index in [0.29, 0.717) is 31.0 Å². The fourth-order valence-corrected chi connectivity index (χ4v) is 2.55. The number of ether oxygens (including phenoxy) is 1. The van der Waals surface area contributed by atoms with Crippen molar-refractivity contribution in [3.8, 4) is 5.69 Å². The molecule has 2 aromatic rings. The van der Waals surface area contributed by atoms with Crippen molar-refractivity contribution in [1.82, 2.24) is 9.78 Å². The number of rotatable bonds is 3. The Morgan fingerprint density at radius 1 is 1.43 bits per heavy atom. The second kappa shape index (κ2) is 5.73. The molecule has 2 heterocycles. The molecule has 1 saturated heterocycles. The molecule has 1 aliphatic heterocycles. The van der Waals surface area contributed by atoms with Crippen molar-refractivity contribution in [3.63, 3.8) is 0 Å². The minimum absolute atomic E-state index is 0.125. The van der Waals surface area contributed by atoms with Crippen LogP contribution in [0.1, 0.15) is 19.0 Å². The lowest BCUT2D eigenvalue weighted by molar-refractivity contribution is -0.124. The summed E-state index contributed by atoms with van der Waals surface area (Å²) in [4.78, 5) is 12.4. The van der Waals surface area contributed by atoms with Gasteiger partial charge in [-0.2, -0.15) is 5.10 Å². The first-order valence-corrected chi connectivity index (χ1v) is 7.30. The zero-order chi connectivity index (χ0) is 16.6. The van der Waals surface area contributed by atoms with Gasteiger partial charge in [-0.1, -0.05) is 0 Å². The Balaban J connectivity index is 1.86. The maximum Gasteiger partial charge on any atom is 0.232 e. The van der Waals surface area contributed by atoms with Crippen molar-refractivity contribution in [2.24, 2.45) is 5.41 Å². The average molecular weight is 321 g/mol. The summed E-state index contributed by atoms with van der Waals surface area (Å²) in [5.74, 6) is -1.53. The van der Waals surface area contributed by atoms with Crippen molar-refractivity contribution in [2.45, 2.75) is 20.3 Å². The molecule has 0 radical (unpaired) electrons. The molecule has 0 bridgehead atoms. The predicted molar refractivity (Wildman–Crippen MR) is 80.4 cm³/mol. The molecule has 1 N–H and O–H groups in total. The van der Waals surface area contributed by atoms with Crippen LogP contribution in [0.3, 0.4) is 0 Å². The zero-order valence-electron chi connectivity index (χ0n) is 12.9. The van der Waals surface area contributed by atoms with Crippen LogP contribution in [-0.4, -0.2) is 28.9 Å².